The first-order chi connectivity index (χ1) is 6.34. The average Bonchev–Trinajstić information content (AvgIpc) is 2.53. The summed E-state index contributed by atoms with van der Waals surface area (Å²) in [5.74, 6) is 0.723. The fraction of sp³-hybridized carbons (Fsp3) is 0.455. The molecule has 1 aromatic carbocycles. The first-order valence-corrected chi connectivity index (χ1v) is 5.56. The number of thioether (sulfide) groups is 1. The lowest BCUT2D eigenvalue weighted by molar-refractivity contribution is 0.166. The summed E-state index contributed by atoms with van der Waals surface area (Å²) >= 11 is 1.83. The quantitative estimate of drug-likeness (QED) is 0.715. The first-order valence-electron chi connectivity index (χ1n) is 4.68. The van der Waals surface area contributed by atoms with Crippen LogP contribution < -0.4 is 0 Å². The Balaban J connectivity index is 1.92. The van der Waals surface area contributed by atoms with Crippen molar-refractivity contribution < 1.29 is 4.74 Å². The molecule has 0 aliphatic carbocycles. The minimum absolute atomic E-state index is 0.373. The third kappa shape index (κ3) is 2.48. The van der Waals surface area contributed by atoms with Gasteiger partial charge in [0.25, 0.3) is 0 Å². The summed E-state index contributed by atoms with van der Waals surface area (Å²) in [5, 5.41) is 0. The van der Waals surface area contributed by atoms with E-state index in [2.05, 4.69) is 31.2 Å². The van der Waals surface area contributed by atoms with E-state index in [9.17, 15) is 0 Å². The minimum Gasteiger partial charge on any atom is -0.367 e. The monoisotopic (exact) mass is 194 g/mol. The van der Waals surface area contributed by atoms with Crippen LogP contribution in [0.15, 0.2) is 35.2 Å². The average molecular weight is 194 g/mol. The van der Waals surface area contributed by atoms with Crippen LogP contribution in [0.1, 0.15) is 13.3 Å². The van der Waals surface area contributed by atoms with Crippen molar-refractivity contribution in [3.63, 3.8) is 0 Å². The summed E-state index contributed by atoms with van der Waals surface area (Å²) in [6.07, 6.45) is 1.18. The molecule has 2 rings (SSSR count). The Morgan fingerprint density at radius 3 is 2.69 bits per heavy atom. The summed E-state index contributed by atoms with van der Waals surface area (Å²) in [5.41, 5.74) is 0.373. The largest absolute Gasteiger partial charge is 0.367 e. The van der Waals surface area contributed by atoms with Crippen LogP contribution in [0, 0.1) is 5.92 Å². The second-order valence-electron chi connectivity index (χ2n) is 3.53. The van der Waals surface area contributed by atoms with E-state index in [0.29, 0.717) is 5.44 Å². The molecule has 0 amide bonds. The predicted octanol–water partition coefficient (Wildman–Crippen LogP) is 3.16. The van der Waals surface area contributed by atoms with Gasteiger partial charge in [0.05, 0.1) is 6.61 Å². The lowest BCUT2D eigenvalue weighted by atomic mass is 10.2. The molecule has 2 heteroatoms. The SMILES string of the molecule is C[C@H]1COC(Sc2ccccc2)C1. The van der Waals surface area contributed by atoms with Gasteiger partial charge in [-0.25, -0.2) is 0 Å². The Morgan fingerprint density at radius 1 is 1.31 bits per heavy atom. The molecule has 1 heterocycles. The Bertz CT molecular complexity index is 260. The van der Waals surface area contributed by atoms with Crippen molar-refractivity contribution >= 4 is 11.8 Å². The van der Waals surface area contributed by atoms with Gasteiger partial charge in [0.2, 0.25) is 0 Å². The molecule has 0 spiro atoms. The molecule has 1 unspecified atom stereocenters. The van der Waals surface area contributed by atoms with E-state index >= 15 is 0 Å². The Labute approximate surface area is 83.5 Å². The highest BCUT2D eigenvalue weighted by atomic mass is 32.2. The molecule has 1 nitrogen and oxygen atoms in total. The molecule has 1 saturated heterocycles. The van der Waals surface area contributed by atoms with E-state index in [1.165, 1.54) is 11.3 Å². The third-order valence-electron chi connectivity index (χ3n) is 2.17. The van der Waals surface area contributed by atoms with Crippen molar-refractivity contribution in [1.82, 2.24) is 0 Å². The Morgan fingerprint density at radius 2 is 2.08 bits per heavy atom. The predicted molar refractivity (Wildman–Crippen MR) is 55.8 cm³/mol. The van der Waals surface area contributed by atoms with Crippen LogP contribution in [0.25, 0.3) is 0 Å². The van der Waals surface area contributed by atoms with E-state index in [1.807, 2.05) is 17.8 Å². The van der Waals surface area contributed by atoms with Gasteiger partial charge in [0.15, 0.2) is 0 Å². The zero-order valence-electron chi connectivity index (χ0n) is 7.77. The summed E-state index contributed by atoms with van der Waals surface area (Å²) in [7, 11) is 0. The molecule has 0 N–H and O–H groups in total. The molecule has 13 heavy (non-hydrogen) atoms. The maximum absolute atomic E-state index is 5.63. The van der Waals surface area contributed by atoms with Gasteiger partial charge in [-0.1, -0.05) is 36.9 Å². The van der Waals surface area contributed by atoms with E-state index in [-0.39, 0.29) is 0 Å². The Kier molecular flexibility index (Phi) is 2.91. The van der Waals surface area contributed by atoms with Gasteiger partial charge in [0, 0.05) is 4.90 Å². The van der Waals surface area contributed by atoms with Crippen molar-refractivity contribution in [1.29, 1.82) is 0 Å². The van der Waals surface area contributed by atoms with Gasteiger partial charge in [-0.3, -0.25) is 0 Å². The third-order valence-corrected chi connectivity index (χ3v) is 3.31. The van der Waals surface area contributed by atoms with Gasteiger partial charge in [-0.2, -0.15) is 0 Å². The molecule has 1 aliphatic rings. The molecule has 0 aromatic heterocycles. The number of hydrogen-bond acceptors (Lipinski definition) is 2. The van der Waals surface area contributed by atoms with Gasteiger partial charge in [-0.15, -0.1) is 0 Å². The zero-order chi connectivity index (χ0) is 9.10. The number of hydrogen-bond donors (Lipinski definition) is 0. The van der Waals surface area contributed by atoms with E-state index in [4.69, 9.17) is 4.74 Å². The number of benzene rings is 1. The second kappa shape index (κ2) is 4.16. The zero-order valence-corrected chi connectivity index (χ0v) is 8.59. The summed E-state index contributed by atoms with van der Waals surface area (Å²) in [6.45, 7) is 3.16. The summed E-state index contributed by atoms with van der Waals surface area (Å²) in [4.78, 5) is 1.31. The van der Waals surface area contributed by atoms with E-state index in [0.717, 1.165) is 12.5 Å². The molecular weight excluding hydrogens is 180 g/mol. The van der Waals surface area contributed by atoms with Crippen LogP contribution in [0.2, 0.25) is 0 Å². The molecule has 1 aromatic rings. The molecule has 0 bridgehead atoms. The second-order valence-corrected chi connectivity index (χ2v) is 4.77. The maximum atomic E-state index is 5.63. The van der Waals surface area contributed by atoms with Crippen molar-refractivity contribution in [3.8, 4) is 0 Å². The van der Waals surface area contributed by atoms with E-state index in [1.54, 1.807) is 0 Å². The van der Waals surface area contributed by atoms with Crippen molar-refractivity contribution in [3.05, 3.63) is 30.3 Å². The number of ether oxygens (including phenoxy) is 1. The molecule has 1 fully saturated rings. The van der Waals surface area contributed by atoms with Gasteiger partial charge < -0.3 is 4.74 Å². The molecular formula is C11H14OS. The lowest BCUT2D eigenvalue weighted by Crippen LogP contribution is -1.97. The van der Waals surface area contributed by atoms with Crippen LogP contribution in [-0.4, -0.2) is 12.0 Å². The highest BCUT2D eigenvalue weighted by Crippen LogP contribution is 2.32. The first kappa shape index (κ1) is 9.10. The standard InChI is InChI=1S/C11H14OS/c1-9-7-11(12-8-9)13-10-5-3-2-4-6-10/h2-6,9,11H,7-8H2,1H3/t9-,11?/m1/s1. The highest BCUT2D eigenvalue weighted by Gasteiger charge is 2.22. The van der Waals surface area contributed by atoms with Gasteiger partial charge in [-0.05, 0) is 24.5 Å². The normalized spacial score (nSPS) is 27.8. The molecule has 2 atom stereocenters. The molecule has 0 radical (unpaired) electrons. The highest BCUT2D eigenvalue weighted by molar-refractivity contribution is 7.99. The molecule has 1 aliphatic heterocycles. The smallest absolute Gasteiger partial charge is 0.108 e. The maximum Gasteiger partial charge on any atom is 0.108 e. The fourth-order valence-electron chi connectivity index (χ4n) is 1.47. The summed E-state index contributed by atoms with van der Waals surface area (Å²) < 4.78 is 5.63. The van der Waals surface area contributed by atoms with Crippen LogP contribution in [0.3, 0.4) is 0 Å². The van der Waals surface area contributed by atoms with Crippen molar-refractivity contribution in [2.75, 3.05) is 6.61 Å². The topological polar surface area (TPSA) is 9.23 Å². The van der Waals surface area contributed by atoms with Gasteiger partial charge >= 0.3 is 0 Å². The van der Waals surface area contributed by atoms with Gasteiger partial charge in [0.1, 0.15) is 5.44 Å². The van der Waals surface area contributed by atoms with E-state index < -0.39 is 0 Å². The Hall–Kier alpha value is -0.470. The van der Waals surface area contributed by atoms with Crippen LogP contribution in [0.5, 0.6) is 0 Å². The lowest BCUT2D eigenvalue weighted by Gasteiger charge is -2.07. The van der Waals surface area contributed by atoms with Crippen molar-refractivity contribution in [2.24, 2.45) is 5.92 Å². The minimum atomic E-state index is 0.373. The van der Waals surface area contributed by atoms with Crippen LogP contribution in [0.4, 0.5) is 0 Å². The summed E-state index contributed by atoms with van der Waals surface area (Å²) in [6, 6.07) is 10.5. The molecule has 0 saturated carbocycles. The van der Waals surface area contributed by atoms with Crippen molar-refractivity contribution in [2.45, 2.75) is 23.7 Å². The van der Waals surface area contributed by atoms with Crippen LogP contribution >= 0.6 is 11.8 Å². The van der Waals surface area contributed by atoms with Crippen LogP contribution in [-0.2, 0) is 4.74 Å². The number of rotatable bonds is 2. The molecule has 70 valence electrons. The fourth-order valence-corrected chi connectivity index (χ4v) is 2.66.